The minimum absolute atomic E-state index is 0. The van der Waals surface area contributed by atoms with Crippen LogP contribution in [0.15, 0.2) is 24.4 Å². The van der Waals surface area contributed by atoms with Crippen LogP contribution in [0, 0.1) is 0 Å². The quantitative estimate of drug-likeness (QED) is 0.504. The SMILES string of the molecule is CN(C)c1ccnc(N[C@H]2CC[C@@H](NC(=O)c3cc(C(C)(C)C)c(O)c(C(C)(C)C)c3)CC2)n1.Cl. The number of phenols is 1. The number of rotatable bonds is 5. The van der Waals surface area contributed by atoms with Crippen molar-refractivity contribution in [1.82, 2.24) is 15.3 Å². The molecule has 2 aromatic rings. The number of aromatic nitrogens is 2. The number of halogens is 1. The van der Waals surface area contributed by atoms with Crippen molar-refractivity contribution in [3.63, 3.8) is 0 Å². The predicted octanol–water partition coefficient (Wildman–Crippen LogP) is 5.42. The maximum Gasteiger partial charge on any atom is 0.251 e. The van der Waals surface area contributed by atoms with Crippen molar-refractivity contribution in [2.45, 2.75) is 90.1 Å². The number of carbonyl (C=O) groups excluding carboxylic acids is 1. The Bertz CT molecular complexity index is 984. The molecule has 1 amide bonds. The molecule has 0 radical (unpaired) electrons. The summed E-state index contributed by atoms with van der Waals surface area (Å²) in [4.78, 5) is 24.1. The Morgan fingerprint density at radius 1 is 0.971 bits per heavy atom. The number of anilines is 2. The number of nitrogens with zero attached hydrogens (tertiary/aromatic N) is 3. The third kappa shape index (κ3) is 7.23. The maximum absolute atomic E-state index is 13.2. The van der Waals surface area contributed by atoms with Crippen molar-refractivity contribution in [1.29, 1.82) is 0 Å². The van der Waals surface area contributed by atoms with Gasteiger partial charge in [-0.05, 0) is 54.7 Å². The van der Waals surface area contributed by atoms with E-state index in [1.54, 1.807) is 6.20 Å². The fourth-order valence-corrected chi connectivity index (χ4v) is 4.41. The number of nitrogens with one attached hydrogen (secondary N) is 2. The molecular weight excluding hydrogens is 462 g/mol. The average Bonchev–Trinajstić information content (AvgIpc) is 2.73. The smallest absolute Gasteiger partial charge is 0.251 e. The number of aromatic hydroxyl groups is 1. The van der Waals surface area contributed by atoms with E-state index in [1.807, 2.05) is 37.2 Å². The lowest BCUT2D eigenvalue weighted by molar-refractivity contribution is 0.0926. The van der Waals surface area contributed by atoms with Gasteiger partial charge >= 0.3 is 0 Å². The highest BCUT2D eigenvalue weighted by atomic mass is 35.5. The van der Waals surface area contributed by atoms with Gasteiger partial charge in [-0.15, -0.1) is 12.4 Å². The molecule has 1 aromatic carbocycles. The fourth-order valence-electron chi connectivity index (χ4n) is 4.41. The monoisotopic (exact) mass is 503 g/mol. The molecule has 1 saturated carbocycles. The number of benzene rings is 1. The molecule has 0 saturated heterocycles. The zero-order chi connectivity index (χ0) is 25.3. The lowest BCUT2D eigenvalue weighted by Crippen LogP contribution is -2.40. The van der Waals surface area contributed by atoms with Crippen LogP contribution in [0.2, 0.25) is 0 Å². The number of amides is 1. The fraction of sp³-hybridized carbons (Fsp3) is 0.593. The van der Waals surface area contributed by atoms with Crippen molar-refractivity contribution in [3.05, 3.63) is 41.1 Å². The van der Waals surface area contributed by atoms with Crippen molar-refractivity contribution < 1.29 is 9.90 Å². The van der Waals surface area contributed by atoms with Crippen LogP contribution in [0.25, 0.3) is 0 Å². The molecule has 1 fully saturated rings. The van der Waals surface area contributed by atoms with Gasteiger partial charge in [0, 0.05) is 49.1 Å². The van der Waals surface area contributed by atoms with Gasteiger partial charge in [-0.25, -0.2) is 4.98 Å². The molecule has 3 N–H and O–H groups in total. The summed E-state index contributed by atoms with van der Waals surface area (Å²) < 4.78 is 0. The highest BCUT2D eigenvalue weighted by Crippen LogP contribution is 2.39. The first kappa shape index (κ1) is 28.7. The Balaban J connectivity index is 0.00000432. The highest BCUT2D eigenvalue weighted by molar-refractivity contribution is 5.95. The minimum atomic E-state index is -0.268. The van der Waals surface area contributed by atoms with Gasteiger partial charge in [-0.2, -0.15) is 4.98 Å². The van der Waals surface area contributed by atoms with Crippen LogP contribution in [0.1, 0.15) is 88.7 Å². The molecule has 1 heterocycles. The molecular formula is C27H42ClN5O2. The van der Waals surface area contributed by atoms with E-state index in [2.05, 4.69) is 62.1 Å². The number of hydrogen-bond donors (Lipinski definition) is 3. The zero-order valence-corrected chi connectivity index (χ0v) is 23.2. The molecule has 0 aliphatic heterocycles. The van der Waals surface area contributed by atoms with E-state index in [1.165, 1.54) is 0 Å². The lowest BCUT2D eigenvalue weighted by atomic mass is 9.78. The van der Waals surface area contributed by atoms with Gasteiger partial charge in [0.25, 0.3) is 5.91 Å². The summed E-state index contributed by atoms with van der Waals surface area (Å²) in [5, 5.41) is 17.6. The lowest BCUT2D eigenvalue weighted by Gasteiger charge is -2.31. The zero-order valence-electron chi connectivity index (χ0n) is 22.4. The van der Waals surface area contributed by atoms with Crippen LogP contribution in [0.4, 0.5) is 11.8 Å². The second-order valence-corrected chi connectivity index (χ2v) is 11.7. The highest BCUT2D eigenvalue weighted by Gasteiger charge is 2.29. The summed E-state index contributed by atoms with van der Waals surface area (Å²) in [5.74, 6) is 1.74. The van der Waals surface area contributed by atoms with E-state index >= 15 is 0 Å². The first-order valence-corrected chi connectivity index (χ1v) is 12.2. The topological polar surface area (TPSA) is 90.4 Å². The standard InChI is InChI=1S/C27H41N5O2.ClH/c1-26(2,3)20-15-17(16-21(23(20)33)27(4,5)6)24(34)29-18-9-11-19(12-10-18)30-25-28-14-13-22(31-25)32(7)8;/h13-16,18-19,33H,9-12H2,1-8H3,(H,29,34)(H,28,30,31);1H/t18-,19+;. The Morgan fingerprint density at radius 3 is 1.97 bits per heavy atom. The third-order valence-corrected chi connectivity index (χ3v) is 6.48. The number of hydrogen-bond acceptors (Lipinski definition) is 6. The summed E-state index contributed by atoms with van der Waals surface area (Å²) in [6, 6.07) is 6.00. The number of carbonyl (C=O) groups is 1. The van der Waals surface area contributed by atoms with Crippen LogP contribution >= 0.6 is 12.4 Å². The summed E-state index contributed by atoms with van der Waals surface area (Å²) in [7, 11) is 3.92. The molecule has 1 aliphatic rings. The van der Waals surface area contributed by atoms with Gasteiger partial charge in [0.05, 0.1) is 0 Å². The van der Waals surface area contributed by atoms with E-state index in [0.717, 1.165) is 42.6 Å². The summed E-state index contributed by atoms with van der Waals surface area (Å²) in [6.45, 7) is 12.3. The molecule has 7 nitrogen and oxygen atoms in total. The summed E-state index contributed by atoms with van der Waals surface area (Å²) in [5.41, 5.74) is 1.68. The van der Waals surface area contributed by atoms with Gasteiger partial charge in [-0.1, -0.05) is 41.5 Å². The van der Waals surface area contributed by atoms with E-state index < -0.39 is 0 Å². The van der Waals surface area contributed by atoms with Crippen LogP contribution in [-0.4, -0.2) is 47.2 Å². The summed E-state index contributed by atoms with van der Waals surface area (Å²) in [6.07, 6.45) is 5.44. The molecule has 0 unspecified atom stereocenters. The molecule has 3 rings (SSSR count). The Morgan fingerprint density at radius 2 is 1.49 bits per heavy atom. The molecule has 194 valence electrons. The molecule has 35 heavy (non-hydrogen) atoms. The second-order valence-electron chi connectivity index (χ2n) is 11.7. The van der Waals surface area contributed by atoms with E-state index in [-0.39, 0.29) is 35.2 Å². The average molecular weight is 504 g/mol. The second kappa shape index (κ2) is 11.0. The predicted molar refractivity (Wildman–Crippen MR) is 146 cm³/mol. The van der Waals surface area contributed by atoms with Crippen molar-refractivity contribution in [3.8, 4) is 5.75 Å². The number of phenolic OH excluding ortho intramolecular Hbond substituents is 1. The Hall–Kier alpha value is -2.54. The minimum Gasteiger partial charge on any atom is -0.507 e. The van der Waals surface area contributed by atoms with Crippen LogP contribution < -0.4 is 15.5 Å². The van der Waals surface area contributed by atoms with Gasteiger partial charge in [0.2, 0.25) is 5.95 Å². The maximum atomic E-state index is 13.2. The van der Waals surface area contributed by atoms with E-state index in [0.29, 0.717) is 23.3 Å². The normalized spacial score (nSPS) is 18.4. The Labute approximate surface area is 216 Å². The molecule has 0 atom stereocenters. The van der Waals surface area contributed by atoms with Crippen molar-refractivity contribution >= 4 is 30.1 Å². The van der Waals surface area contributed by atoms with Crippen LogP contribution in [0.5, 0.6) is 5.75 Å². The van der Waals surface area contributed by atoms with Gasteiger partial charge in [-0.3, -0.25) is 4.79 Å². The van der Waals surface area contributed by atoms with Crippen LogP contribution in [-0.2, 0) is 10.8 Å². The first-order chi connectivity index (χ1) is 15.8. The first-order valence-electron chi connectivity index (χ1n) is 12.2. The van der Waals surface area contributed by atoms with Crippen molar-refractivity contribution in [2.24, 2.45) is 0 Å². The van der Waals surface area contributed by atoms with E-state index in [4.69, 9.17) is 0 Å². The van der Waals surface area contributed by atoms with Gasteiger partial charge in [0.1, 0.15) is 11.6 Å². The van der Waals surface area contributed by atoms with Crippen molar-refractivity contribution in [2.75, 3.05) is 24.3 Å². The summed E-state index contributed by atoms with van der Waals surface area (Å²) >= 11 is 0. The van der Waals surface area contributed by atoms with E-state index in [9.17, 15) is 9.90 Å². The van der Waals surface area contributed by atoms with Gasteiger partial charge < -0.3 is 20.6 Å². The van der Waals surface area contributed by atoms with Gasteiger partial charge in [0.15, 0.2) is 0 Å². The Kier molecular flexibility index (Phi) is 9.04. The molecule has 0 spiro atoms. The van der Waals surface area contributed by atoms with Crippen LogP contribution in [0.3, 0.4) is 0 Å². The molecule has 8 heteroatoms. The molecule has 0 bridgehead atoms. The third-order valence-electron chi connectivity index (χ3n) is 6.48. The largest absolute Gasteiger partial charge is 0.507 e. The molecule has 1 aliphatic carbocycles. The molecule has 1 aromatic heterocycles.